The van der Waals surface area contributed by atoms with Crippen molar-refractivity contribution in [2.75, 3.05) is 26.2 Å². The van der Waals surface area contributed by atoms with Crippen molar-refractivity contribution < 1.29 is 23.5 Å². The lowest BCUT2D eigenvalue weighted by Crippen LogP contribution is -2.44. The minimum atomic E-state index is -0.304. The molecule has 136 valence electrons. The van der Waals surface area contributed by atoms with Gasteiger partial charge >= 0.3 is 5.97 Å². The molecule has 25 heavy (non-hydrogen) atoms. The second-order valence-corrected chi connectivity index (χ2v) is 6.61. The van der Waals surface area contributed by atoms with Gasteiger partial charge in [-0.15, -0.1) is 0 Å². The van der Waals surface area contributed by atoms with Crippen LogP contribution in [0, 0.1) is 11.8 Å². The van der Waals surface area contributed by atoms with Crippen LogP contribution in [0.25, 0.3) is 0 Å². The fourth-order valence-electron chi connectivity index (χ4n) is 3.53. The van der Waals surface area contributed by atoms with E-state index in [2.05, 4.69) is 0 Å². The average molecular weight is 348 g/mol. The Morgan fingerprint density at radius 2 is 2.04 bits per heavy atom. The average Bonchev–Trinajstić information content (AvgIpc) is 3.25. The van der Waals surface area contributed by atoms with Gasteiger partial charge in [0.15, 0.2) is 0 Å². The number of carbonyl (C=O) groups is 3. The second-order valence-electron chi connectivity index (χ2n) is 6.61. The van der Waals surface area contributed by atoms with Crippen LogP contribution in [0.1, 0.15) is 31.9 Å². The molecule has 1 aromatic rings. The zero-order valence-electron chi connectivity index (χ0n) is 14.5. The Hall–Kier alpha value is -2.31. The minimum absolute atomic E-state index is 0.0117. The number of rotatable bonds is 5. The first-order valence-corrected chi connectivity index (χ1v) is 8.84. The first-order valence-electron chi connectivity index (χ1n) is 8.84. The number of amides is 2. The molecule has 0 N–H and O–H groups in total. The summed E-state index contributed by atoms with van der Waals surface area (Å²) in [7, 11) is 0. The summed E-state index contributed by atoms with van der Waals surface area (Å²) in [5.41, 5.74) is 0. The number of piperidine rings is 1. The Kier molecular flexibility index (Phi) is 5.40. The zero-order chi connectivity index (χ0) is 17.8. The normalized spacial score (nSPS) is 21.6. The van der Waals surface area contributed by atoms with Gasteiger partial charge in [-0.05, 0) is 31.9 Å². The highest BCUT2D eigenvalue weighted by Gasteiger charge is 2.38. The van der Waals surface area contributed by atoms with Crippen molar-refractivity contribution in [2.45, 2.75) is 32.7 Å². The molecular formula is C18H24N2O5. The molecule has 2 aliphatic heterocycles. The van der Waals surface area contributed by atoms with Gasteiger partial charge in [-0.2, -0.15) is 0 Å². The predicted octanol–water partition coefficient (Wildman–Crippen LogP) is 1.43. The molecule has 7 heteroatoms. The van der Waals surface area contributed by atoms with Gasteiger partial charge < -0.3 is 19.0 Å². The molecule has 0 radical (unpaired) electrons. The third-order valence-corrected chi connectivity index (χ3v) is 4.92. The van der Waals surface area contributed by atoms with Crippen molar-refractivity contribution in [3.8, 4) is 0 Å². The van der Waals surface area contributed by atoms with Gasteiger partial charge in [0.2, 0.25) is 11.8 Å². The molecule has 2 aliphatic rings. The molecule has 1 aromatic heterocycles. The highest BCUT2D eigenvalue weighted by atomic mass is 16.5. The lowest BCUT2D eigenvalue weighted by molar-refractivity contribution is -0.151. The molecule has 7 nitrogen and oxygen atoms in total. The van der Waals surface area contributed by atoms with Crippen LogP contribution in [0.5, 0.6) is 0 Å². The summed E-state index contributed by atoms with van der Waals surface area (Å²) in [5, 5.41) is 0. The van der Waals surface area contributed by atoms with Crippen molar-refractivity contribution in [1.82, 2.24) is 9.80 Å². The molecule has 1 atom stereocenters. The van der Waals surface area contributed by atoms with E-state index in [1.807, 2.05) is 6.07 Å². The van der Waals surface area contributed by atoms with E-state index < -0.39 is 0 Å². The van der Waals surface area contributed by atoms with Gasteiger partial charge in [0, 0.05) is 26.1 Å². The molecule has 2 amide bonds. The van der Waals surface area contributed by atoms with E-state index in [0.29, 0.717) is 45.6 Å². The van der Waals surface area contributed by atoms with Crippen LogP contribution in [0.2, 0.25) is 0 Å². The van der Waals surface area contributed by atoms with E-state index in [-0.39, 0.29) is 36.0 Å². The van der Waals surface area contributed by atoms with Gasteiger partial charge in [0.05, 0.1) is 31.3 Å². The summed E-state index contributed by atoms with van der Waals surface area (Å²) in [6.45, 7) is 4.10. The lowest BCUT2D eigenvalue weighted by Gasteiger charge is -2.32. The fraction of sp³-hybridized carbons (Fsp3) is 0.611. The number of ether oxygens (including phenoxy) is 1. The fourth-order valence-corrected chi connectivity index (χ4v) is 3.53. The highest BCUT2D eigenvalue weighted by molar-refractivity contribution is 5.89. The third-order valence-electron chi connectivity index (χ3n) is 4.92. The molecule has 0 aliphatic carbocycles. The highest BCUT2D eigenvalue weighted by Crippen LogP contribution is 2.25. The Bertz CT molecular complexity index is 619. The van der Waals surface area contributed by atoms with E-state index in [9.17, 15) is 14.4 Å². The van der Waals surface area contributed by atoms with E-state index >= 15 is 0 Å². The maximum atomic E-state index is 12.7. The summed E-state index contributed by atoms with van der Waals surface area (Å²) in [5.74, 6) is 0.118. The minimum Gasteiger partial charge on any atom is -0.467 e. The number of likely N-dealkylation sites (tertiary alicyclic amines) is 2. The smallest absolute Gasteiger partial charge is 0.309 e. The van der Waals surface area contributed by atoms with Gasteiger partial charge in [-0.25, -0.2) is 0 Å². The summed E-state index contributed by atoms with van der Waals surface area (Å²) in [6, 6.07) is 3.61. The summed E-state index contributed by atoms with van der Waals surface area (Å²) in [4.78, 5) is 40.1. The number of nitrogens with zero attached hydrogens (tertiary/aromatic N) is 2. The van der Waals surface area contributed by atoms with E-state index in [1.165, 1.54) is 0 Å². The summed E-state index contributed by atoms with van der Waals surface area (Å²) in [6.07, 6.45) is 3.08. The van der Waals surface area contributed by atoms with Crippen LogP contribution in [0.15, 0.2) is 22.8 Å². The molecule has 0 aromatic carbocycles. The van der Waals surface area contributed by atoms with E-state index in [4.69, 9.17) is 9.15 Å². The number of carbonyl (C=O) groups excluding carboxylic acids is 3. The zero-order valence-corrected chi connectivity index (χ0v) is 14.5. The molecule has 2 saturated heterocycles. The first kappa shape index (κ1) is 17.5. The predicted molar refractivity (Wildman–Crippen MR) is 88.2 cm³/mol. The van der Waals surface area contributed by atoms with Crippen LogP contribution >= 0.6 is 0 Å². The van der Waals surface area contributed by atoms with Crippen molar-refractivity contribution in [3.63, 3.8) is 0 Å². The number of hydrogen-bond donors (Lipinski definition) is 0. The topological polar surface area (TPSA) is 80.1 Å². The second kappa shape index (κ2) is 7.72. The maximum absolute atomic E-state index is 12.7. The van der Waals surface area contributed by atoms with E-state index in [0.717, 1.165) is 5.76 Å². The molecule has 0 bridgehead atoms. The van der Waals surface area contributed by atoms with Crippen LogP contribution in [0.4, 0.5) is 0 Å². The molecule has 2 fully saturated rings. The van der Waals surface area contributed by atoms with Crippen molar-refractivity contribution in [3.05, 3.63) is 24.2 Å². The van der Waals surface area contributed by atoms with Gasteiger partial charge in [0.1, 0.15) is 5.76 Å². The molecular weight excluding hydrogens is 324 g/mol. The molecule has 0 saturated carbocycles. The standard InChI is InChI=1S/C18H24N2O5/c1-2-24-18(23)13-5-7-19(8-6-13)17(22)14-10-16(21)20(11-14)12-15-4-3-9-25-15/h3-4,9,13-14H,2,5-8,10-12H2,1H3. The van der Waals surface area contributed by atoms with Crippen LogP contribution in [-0.2, 0) is 25.7 Å². The number of furan rings is 1. The summed E-state index contributed by atoms with van der Waals surface area (Å²) >= 11 is 0. The Morgan fingerprint density at radius 1 is 1.28 bits per heavy atom. The molecule has 3 rings (SSSR count). The lowest BCUT2D eigenvalue weighted by atomic mass is 9.95. The van der Waals surface area contributed by atoms with Crippen molar-refractivity contribution in [1.29, 1.82) is 0 Å². The van der Waals surface area contributed by atoms with Crippen molar-refractivity contribution in [2.24, 2.45) is 11.8 Å². The Balaban J connectivity index is 1.50. The van der Waals surface area contributed by atoms with Crippen molar-refractivity contribution >= 4 is 17.8 Å². The Labute approximate surface area is 146 Å². The first-order chi connectivity index (χ1) is 12.1. The van der Waals surface area contributed by atoms with E-state index in [1.54, 1.807) is 29.1 Å². The quantitative estimate of drug-likeness (QED) is 0.752. The van der Waals surface area contributed by atoms with Crippen LogP contribution in [0.3, 0.4) is 0 Å². The number of hydrogen-bond acceptors (Lipinski definition) is 5. The maximum Gasteiger partial charge on any atom is 0.309 e. The van der Waals surface area contributed by atoms with Gasteiger partial charge in [-0.1, -0.05) is 0 Å². The summed E-state index contributed by atoms with van der Waals surface area (Å²) < 4.78 is 10.3. The molecule has 1 unspecified atom stereocenters. The van der Waals surface area contributed by atoms with Crippen LogP contribution in [-0.4, -0.2) is 53.8 Å². The van der Waals surface area contributed by atoms with Crippen LogP contribution < -0.4 is 0 Å². The largest absolute Gasteiger partial charge is 0.467 e. The molecule has 0 spiro atoms. The number of esters is 1. The van der Waals surface area contributed by atoms with Gasteiger partial charge in [-0.3, -0.25) is 14.4 Å². The third kappa shape index (κ3) is 4.03. The monoisotopic (exact) mass is 348 g/mol. The SMILES string of the molecule is CCOC(=O)C1CCN(C(=O)C2CC(=O)N(Cc3ccco3)C2)CC1. The Morgan fingerprint density at radius 3 is 2.68 bits per heavy atom. The van der Waals surface area contributed by atoms with Gasteiger partial charge in [0.25, 0.3) is 0 Å². The molecule has 3 heterocycles.